The molecule has 1 aromatic carbocycles. The maximum absolute atomic E-state index is 13.0. The molecule has 0 saturated carbocycles. The van der Waals surface area contributed by atoms with Crippen LogP contribution in [0.2, 0.25) is 5.02 Å². The number of piperazine rings is 1. The highest BCUT2D eigenvalue weighted by molar-refractivity contribution is 6.31. The van der Waals surface area contributed by atoms with Gasteiger partial charge in [0.25, 0.3) is 0 Å². The van der Waals surface area contributed by atoms with Crippen molar-refractivity contribution in [1.82, 2.24) is 9.80 Å². The van der Waals surface area contributed by atoms with E-state index < -0.39 is 11.2 Å². The number of ether oxygens (including phenoxy) is 2. The monoisotopic (exact) mass is 492 g/mol. The Balaban J connectivity index is 1.45. The van der Waals surface area contributed by atoms with Crippen LogP contribution in [0.1, 0.15) is 48.0 Å². The summed E-state index contributed by atoms with van der Waals surface area (Å²) in [6.07, 6.45) is 0.371. The Morgan fingerprint density at radius 2 is 1.47 bits per heavy atom. The molecule has 2 fully saturated rings. The highest BCUT2D eigenvalue weighted by atomic mass is 35.5. The smallest absolute Gasteiger partial charge is 0.414 e. The molecule has 9 heteroatoms. The number of fused-ring (bicyclic) bond motifs is 3. The van der Waals surface area contributed by atoms with Gasteiger partial charge in [0.2, 0.25) is 0 Å². The van der Waals surface area contributed by atoms with E-state index in [0.29, 0.717) is 30.7 Å². The molecule has 0 aliphatic carbocycles. The van der Waals surface area contributed by atoms with Crippen molar-refractivity contribution in [2.75, 3.05) is 49.1 Å². The van der Waals surface area contributed by atoms with E-state index in [-0.39, 0.29) is 18.2 Å². The Kier molecular flexibility index (Phi) is 6.68. The van der Waals surface area contributed by atoms with Crippen molar-refractivity contribution in [3.05, 3.63) is 23.2 Å². The van der Waals surface area contributed by atoms with Crippen molar-refractivity contribution in [2.24, 2.45) is 0 Å². The molecule has 2 amide bonds. The zero-order valence-electron chi connectivity index (χ0n) is 21.1. The van der Waals surface area contributed by atoms with Crippen molar-refractivity contribution in [3.63, 3.8) is 0 Å². The third-order valence-electron chi connectivity index (χ3n) is 6.42. The molecule has 0 N–H and O–H groups in total. The second kappa shape index (κ2) is 9.11. The summed E-state index contributed by atoms with van der Waals surface area (Å²) in [4.78, 5) is 33.8. The molecule has 0 radical (unpaired) electrons. The second-order valence-electron chi connectivity index (χ2n) is 11.4. The summed E-state index contributed by atoms with van der Waals surface area (Å²) in [6.45, 7) is 15.7. The van der Waals surface area contributed by atoms with Crippen molar-refractivity contribution in [3.8, 4) is 0 Å². The molecule has 1 unspecified atom stereocenters. The number of amides is 2. The summed E-state index contributed by atoms with van der Waals surface area (Å²) in [7, 11) is 0. The molecular formula is C25H37ClN4O4. The number of rotatable bonds is 1. The third-order valence-corrected chi connectivity index (χ3v) is 6.65. The molecule has 188 valence electrons. The van der Waals surface area contributed by atoms with Crippen LogP contribution in [-0.4, -0.2) is 84.5 Å². The lowest BCUT2D eigenvalue weighted by Crippen LogP contribution is -2.53. The molecule has 8 nitrogen and oxygen atoms in total. The summed E-state index contributed by atoms with van der Waals surface area (Å²) in [6, 6.07) is 6.21. The summed E-state index contributed by atoms with van der Waals surface area (Å²) in [5, 5.41) is 0.651. The Morgan fingerprint density at radius 1 is 0.853 bits per heavy atom. The normalized spacial score (nSPS) is 23.4. The van der Waals surface area contributed by atoms with E-state index in [0.717, 1.165) is 37.4 Å². The molecule has 2 saturated heterocycles. The standard InChI is InChI=1S/C25H37ClN4O4/c1-24(2,3)33-22(31)28-11-9-27(10-12-28)18-14-19-16-30(23(32)34-25(4,5)6)20-8-7-17(26)13-21(20)29(19)15-18/h7-8,13,18-19H,9-12,14-16H2,1-6H3/t18?,19-/m1/s1. The minimum absolute atomic E-state index is 0.187. The maximum atomic E-state index is 13.0. The summed E-state index contributed by atoms with van der Waals surface area (Å²) < 4.78 is 11.2. The minimum atomic E-state index is -0.563. The predicted molar refractivity (Wildman–Crippen MR) is 134 cm³/mol. The lowest BCUT2D eigenvalue weighted by atomic mass is 10.1. The highest BCUT2D eigenvalue weighted by Gasteiger charge is 2.43. The number of benzene rings is 1. The first-order chi connectivity index (χ1) is 15.8. The lowest BCUT2D eigenvalue weighted by Gasteiger charge is -2.40. The second-order valence-corrected chi connectivity index (χ2v) is 11.9. The van der Waals surface area contributed by atoms with E-state index in [4.69, 9.17) is 21.1 Å². The SMILES string of the molecule is CC(C)(C)OC(=O)N1CCN(C2C[C@@H]3CN(C(=O)OC(C)(C)C)c4ccc(Cl)cc4N3C2)CC1. The van der Waals surface area contributed by atoms with E-state index in [9.17, 15) is 9.59 Å². The lowest BCUT2D eigenvalue weighted by molar-refractivity contribution is 0.0111. The summed E-state index contributed by atoms with van der Waals surface area (Å²) in [5.41, 5.74) is 0.763. The van der Waals surface area contributed by atoms with Gasteiger partial charge in [-0.25, -0.2) is 9.59 Å². The molecule has 0 bridgehead atoms. The highest BCUT2D eigenvalue weighted by Crippen LogP contribution is 2.42. The van der Waals surface area contributed by atoms with Crippen LogP contribution in [0.3, 0.4) is 0 Å². The first-order valence-electron chi connectivity index (χ1n) is 12.1. The largest absolute Gasteiger partial charge is 0.444 e. The topological polar surface area (TPSA) is 65.6 Å². The molecule has 3 heterocycles. The quantitative estimate of drug-likeness (QED) is 0.571. The molecule has 0 aromatic heterocycles. The number of anilines is 2. The van der Waals surface area contributed by atoms with E-state index in [1.807, 2.05) is 59.7 Å². The minimum Gasteiger partial charge on any atom is -0.444 e. The number of nitrogens with zero attached hydrogens (tertiary/aromatic N) is 4. The number of hydrogen-bond donors (Lipinski definition) is 0. The van der Waals surface area contributed by atoms with Crippen LogP contribution in [-0.2, 0) is 9.47 Å². The van der Waals surface area contributed by atoms with Gasteiger partial charge in [-0.15, -0.1) is 0 Å². The third kappa shape index (κ3) is 5.54. The first-order valence-corrected chi connectivity index (χ1v) is 12.5. The van der Waals surface area contributed by atoms with Gasteiger partial charge in [-0.2, -0.15) is 0 Å². The molecular weight excluding hydrogens is 456 g/mol. The zero-order valence-corrected chi connectivity index (χ0v) is 21.9. The van der Waals surface area contributed by atoms with Gasteiger partial charge in [-0.3, -0.25) is 9.80 Å². The Morgan fingerprint density at radius 3 is 2.09 bits per heavy atom. The summed E-state index contributed by atoms with van der Waals surface area (Å²) in [5.74, 6) is 0. The fraction of sp³-hybridized carbons (Fsp3) is 0.680. The van der Waals surface area contributed by atoms with Gasteiger partial charge in [-0.05, 0) is 66.2 Å². The number of carbonyl (C=O) groups is 2. The van der Waals surface area contributed by atoms with Gasteiger partial charge in [0.15, 0.2) is 0 Å². The van der Waals surface area contributed by atoms with Crippen LogP contribution in [0, 0.1) is 0 Å². The number of hydrogen-bond acceptors (Lipinski definition) is 6. The van der Waals surface area contributed by atoms with Gasteiger partial charge < -0.3 is 19.3 Å². The van der Waals surface area contributed by atoms with Crippen molar-refractivity contribution >= 4 is 35.2 Å². The number of carbonyl (C=O) groups excluding carboxylic acids is 2. The van der Waals surface area contributed by atoms with Crippen molar-refractivity contribution < 1.29 is 19.1 Å². The fourth-order valence-corrected chi connectivity index (χ4v) is 5.14. The Hall–Kier alpha value is -2.19. The van der Waals surface area contributed by atoms with Crippen molar-refractivity contribution in [2.45, 2.75) is 71.2 Å². The van der Waals surface area contributed by atoms with Gasteiger partial charge in [0.05, 0.1) is 11.4 Å². The molecule has 2 atom stereocenters. The average molecular weight is 493 g/mol. The van der Waals surface area contributed by atoms with Gasteiger partial charge in [-0.1, -0.05) is 11.6 Å². The molecule has 3 aliphatic rings. The molecule has 34 heavy (non-hydrogen) atoms. The van der Waals surface area contributed by atoms with Crippen molar-refractivity contribution in [1.29, 1.82) is 0 Å². The molecule has 1 aromatic rings. The van der Waals surface area contributed by atoms with Gasteiger partial charge in [0.1, 0.15) is 11.2 Å². The summed E-state index contributed by atoms with van der Waals surface area (Å²) >= 11 is 6.36. The van der Waals surface area contributed by atoms with E-state index in [1.54, 1.807) is 9.80 Å². The van der Waals surface area contributed by atoms with E-state index in [2.05, 4.69) is 9.80 Å². The van der Waals surface area contributed by atoms with Crippen LogP contribution in [0.5, 0.6) is 0 Å². The predicted octanol–water partition coefficient (Wildman–Crippen LogP) is 4.60. The van der Waals surface area contributed by atoms with Crippen LogP contribution in [0.15, 0.2) is 18.2 Å². The maximum Gasteiger partial charge on any atom is 0.414 e. The van der Waals surface area contributed by atoms with E-state index in [1.165, 1.54) is 0 Å². The van der Waals surface area contributed by atoms with Crippen LogP contribution in [0.4, 0.5) is 21.0 Å². The molecule has 4 rings (SSSR count). The van der Waals surface area contributed by atoms with Crippen LogP contribution >= 0.6 is 11.6 Å². The van der Waals surface area contributed by atoms with Crippen LogP contribution < -0.4 is 9.80 Å². The van der Waals surface area contributed by atoms with Gasteiger partial charge in [0, 0.05) is 56.4 Å². The Labute approximate surface area is 207 Å². The Bertz CT molecular complexity index is 934. The van der Waals surface area contributed by atoms with Crippen LogP contribution in [0.25, 0.3) is 0 Å². The zero-order chi connectivity index (χ0) is 24.8. The average Bonchev–Trinajstić information content (AvgIpc) is 3.15. The first kappa shape index (κ1) is 24.9. The molecule has 3 aliphatic heterocycles. The van der Waals surface area contributed by atoms with E-state index >= 15 is 0 Å². The fourth-order valence-electron chi connectivity index (χ4n) is 4.97. The van der Waals surface area contributed by atoms with Gasteiger partial charge >= 0.3 is 12.2 Å². The molecule has 0 spiro atoms. The number of halogens is 1.